The van der Waals surface area contributed by atoms with Gasteiger partial charge in [-0.15, -0.1) is 24.7 Å². The first-order chi connectivity index (χ1) is 22.2. The molecule has 0 spiro atoms. The molecule has 9 nitrogen and oxygen atoms in total. The smallest absolute Gasteiger partial charge is 0.242 e. The van der Waals surface area contributed by atoms with Gasteiger partial charge in [0.2, 0.25) is 17.7 Å². The first-order valence-electron chi connectivity index (χ1n) is 17.0. The van der Waals surface area contributed by atoms with E-state index in [1.165, 1.54) is 6.42 Å². The number of carbonyl (C=O) groups excluding carboxylic acids is 3. The minimum Gasteiger partial charge on any atom is -0.390 e. The van der Waals surface area contributed by atoms with Crippen molar-refractivity contribution in [3.8, 4) is 24.7 Å². The Morgan fingerprint density at radius 2 is 1.63 bits per heavy atom. The molecule has 0 aromatic heterocycles. The molecule has 0 heterocycles. The zero-order chi connectivity index (χ0) is 33.7. The van der Waals surface area contributed by atoms with Crippen LogP contribution in [0.3, 0.4) is 0 Å². The van der Waals surface area contributed by atoms with Crippen LogP contribution >= 0.6 is 0 Å². The lowest BCUT2D eigenvalue weighted by molar-refractivity contribution is -0.137. The molecular formula is C37H56N4O5. The van der Waals surface area contributed by atoms with Gasteiger partial charge in [-0.25, -0.2) is 0 Å². The Kier molecular flexibility index (Phi) is 18.7. The average molecular weight is 637 g/mol. The van der Waals surface area contributed by atoms with Crippen LogP contribution in [0.5, 0.6) is 0 Å². The van der Waals surface area contributed by atoms with Crippen LogP contribution in [0.4, 0.5) is 0 Å². The summed E-state index contributed by atoms with van der Waals surface area (Å²) in [6.45, 7) is 4.12. The van der Waals surface area contributed by atoms with Crippen LogP contribution in [-0.2, 0) is 20.8 Å². The molecule has 3 unspecified atom stereocenters. The van der Waals surface area contributed by atoms with Crippen molar-refractivity contribution in [3.63, 3.8) is 0 Å². The summed E-state index contributed by atoms with van der Waals surface area (Å²) in [5, 5.41) is 30.9. The van der Waals surface area contributed by atoms with E-state index >= 15 is 0 Å². The van der Waals surface area contributed by atoms with E-state index in [0.717, 1.165) is 44.2 Å². The van der Waals surface area contributed by atoms with Gasteiger partial charge in [-0.2, -0.15) is 0 Å². The Bertz CT molecular complexity index is 1120. The summed E-state index contributed by atoms with van der Waals surface area (Å²) in [5.74, 6) is 3.59. The molecule has 46 heavy (non-hydrogen) atoms. The van der Waals surface area contributed by atoms with E-state index in [1.54, 1.807) is 11.9 Å². The van der Waals surface area contributed by atoms with Crippen LogP contribution in [0.25, 0.3) is 0 Å². The van der Waals surface area contributed by atoms with Crippen molar-refractivity contribution >= 4 is 17.7 Å². The lowest BCUT2D eigenvalue weighted by Crippen LogP contribution is -2.56. The number of aliphatic hydroxyl groups excluding tert-OH is 2. The Balaban J connectivity index is 2.22. The van der Waals surface area contributed by atoms with Crippen LogP contribution in [0.2, 0.25) is 0 Å². The Hall–Kier alpha value is -3.37. The Morgan fingerprint density at radius 1 is 0.957 bits per heavy atom. The van der Waals surface area contributed by atoms with Crippen LogP contribution in [0.15, 0.2) is 30.3 Å². The fourth-order valence-electron chi connectivity index (χ4n) is 6.00. The predicted molar refractivity (Wildman–Crippen MR) is 182 cm³/mol. The molecule has 2 rings (SSSR count). The molecule has 1 aliphatic rings. The van der Waals surface area contributed by atoms with E-state index in [2.05, 4.69) is 34.7 Å². The molecule has 1 aliphatic carbocycles. The zero-order valence-electron chi connectivity index (χ0n) is 27.9. The highest BCUT2D eigenvalue weighted by Crippen LogP contribution is 2.29. The van der Waals surface area contributed by atoms with Crippen molar-refractivity contribution in [2.24, 2.45) is 11.8 Å². The quantitative estimate of drug-likeness (QED) is 0.104. The molecule has 0 aliphatic heterocycles. The molecule has 1 fully saturated rings. The Labute approximate surface area is 276 Å². The number of hydrogen-bond donors (Lipinski definition) is 5. The summed E-state index contributed by atoms with van der Waals surface area (Å²) in [4.78, 5) is 42.4. The van der Waals surface area contributed by atoms with Gasteiger partial charge < -0.3 is 31.1 Å². The van der Waals surface area contributed by atoms with Crippen LogP contribution < -0.4 is 16.0 Å². The lowest BCUT2D eigenvalue weighted by atomic mass is 9.82. The first kappa shape index (κ1) is 38.8. The SMILES string of the molecule is C#CCCC(O)[C@H](O)C(CC1CCCCC1)NC(=O)[C@H](CCC#C)NC(=O)C(CC(=O)N(C)CCNCCC)Cc1ccccc1. The monoisotopic (exact) mass is 636 g/mol. The van der Waals surface area contributed by atoms with Crippen LogP contribution in [0, 0.1) is 36.5 Å². The van der Waals surface area contributed by atoms with Gasteiger partial charge in [0.25, 0.3) is 0 Å². The molecule has 1 aromatic rings. The molecule has 9 heteroatoms. The van der Waals surface area contributed by atoms with E-state index in [0.29, 0.717) is 38.3 Å². The molecule has 0 radical (unpaired) electrons. The van der Waals surface area contributed by atoms with E-state index in [9.17, 15) is 24.6 Å². The molecule has 0 saturated heterocycles. The maximum atomic E-state index is 13.8. The summed E-state index contributed by atoms with van der Waals surface area (Å²) in [6, 6.07) is 7.79. The standard InChI is InChI=1S/C37H56N4O5/c1-5-8-20-31(37(46)40-32(26-29-18-14-11-15-19-29)35(44)33(42)21-9-6-2)39-36(45)30(25-28-16-12-10-13-17-28)27-34(43)41(4)24-23-38-22-7-3/h1-2,10,12-13,16-17,29-33,35,38,42,44H,7-9,11,14-15,18-27H2,3-4H3,(H,39,45)(H,40,46)/t30?,31-,32?,33?,35+/m0/s1. The highest BCUT2D eigenvalue weighted by atomic mass is 16.3. The van der Waals surface area contributed by atoms with Crippen molar-refractivity contribution in [3.05, 3.63) is 35.9 Å². The maximum absolute atomic E-state index is 13.8. The molecule has 0 bridgehead atoms. The van der Waals surface area contributed by atoms with Crippen molar-refractivity contribution < 1.29 is 24.6 Å². The zero-order valence-corrected chi connectivity index (χ0v) is 27.9. The van der Waals surface area contributed by atoms with Gasteiger partial charge in [-0.3, -0.25) is 14.4 Å². The summed E-state index contributed by atoms with van der Waals surface area (Å²) in [6.07, 6.45) is 16.7. The third-order valence-electron chi connectivity index (χ3n) is 8.83. The van der Waals surface area contributed by atoms with Crippen LogP contribution in [-0.4, -0.2) is 83.8 Å². The van der Waals surface area contributed by atoms with Gasteiger partial charge in [-0.05, 0) is 50.1 Å². The van der Waals surface area contributed by atoms with Crippen molar-refractivity contribution in [1.29, 1.82) is 0 Å². The van der Waals surface area contributed by atoms with E-state index in [1.807, 2.05) is 30.3 Å². The molecule has 5 N–H and O–H groups in total. The summed E-state index contributed by atoms with van der Waals surface area (Å²) in [5.41, 5.74) is 0.906. The molecule has 1 saturated carbocycles. The summed E-state index contributed by atoms with van der Waals surface area (Å²) >= 11 is 0. The number of rotatable bonds is 21. The van der Waals surface area contributed by atoms with Gasteiger partial charge in [-0.1, -0.05) is 69.4 Å². The number of benzene rings is 1. The van der Waals surface area contributed by atoms with E-state index in [-0.39, 0.29) is 31.6 Å². The predicted octanol–water partition coefficient (Wildman–Crippen LogP) is 3.18. The van der Waals surface area contributed by atoms with E-state index < -0.39 is 42.0 Å². The average Bonchev–Trinajstić information content (AvgIpc) is 3.07. The molecular weight excluding hydrogens is 580 g/mol. The number of amides is 3. The largest absolute Gasteiger partial charge is 0.390 e. The van der Waals surface area contributed by atoms with Crippen molar-refractivity contribution in [2.75, 3.05) is 26.7 Å². The van der Waals surface area contributed by atoms with Crippen LogP contribution in [0.1, 0.15) is 89.5 Å². The molecule has 1 aromatic carbocycles. The van der Waals surface area contributed by atoms with Gasteiger partial charge in [0.1, 0.15) is 12.1 Å². The second kappa shape index (κ2) is 22.2. The second-order valence-corrected chi connectivity index (χ2v) is 12.6. The Morgan fingerprint density at radius 3 is 2.28 bits per heavy atom. The minimum absolute atomic E-state index is 0.0150. The number of aliphatic hydroxyl groups is 2. The third kappa shape index (κ3) is 14.4. The number of terminal acetylenes is 2. The van der Waals surface area contributed by atoms with Crippen molar-refractivity contribution in [2.45, 2.75) is 115 Å². The molecule has 254 valence electrons. The fraction of sp³-hybridized carbons (Fsp3) is 0.649. The highest BCUT2D eigenvalue weighted by Gasteiger charge is 2.34. The third-order valence-corrected chi connectivity index (χ3v) is 8.83. The summed E-state index contributed by atoms with van der Waals surface area (Å²) < 4.78 is 0. The molecule has 5 atom stereocenters. The molecule has 3 amide bonds. The van der Waals surface area contributed by atoms with Gasteiger partial charge in [0.05, 0.1) is 18.1 Å². The lowest BCUT2D eigenvalue weighted by Gasteiger charge is -2.33. The highest BCUT2D eigenvalue weighted by molar-refractivity contribution is 5.91. The number of nitrogens with zero attached hydrogens (tertiary/aromatic N) is 1. The number of hydrogen-bond acceptors (Lipinski definition) is 6. The van der Waals surface area contributed by atoms with E-state index in [4.69, 9.17) is 12.8 Å². The fourth-order valence-corrected chi connectivity index (χ4v) is 6.00. The number of likely N-dealkylation sites (N-methyl/N-ethyl adjacent to an activating group) is 1. The number of carbonyl (C=O) groups is 3. The minimum atomic E-state index is -1.21. The van der Waals surface area contributed by atoms with Gasteiger partial charge in [0, 0.05) is 39.4 Å². The van der Waals surface area contributed by atoms with Gasteiger partial charge in [0.15, 0.2) is 0 Å². The van der Waals surface area contributed by atoms with Gasteiger partial charge >= 0.3 is 0 Å². The number of nitrogens with one attached hydrogen (secondary N) is 3. The topological polar surface area (TPSA) is 131 Å². The first-order valence-corrected chi connectivity index (χ1v) is 17.0. The second-order valence-electron chi connectivity index (χ2n) is 12.6. The maximum Gasteiger partial charge on any atom is 0.242 e. The normalized spacial score (nSPS) is 16.6. The summed E-state index contributed by atoms with van der Waals surface area (Å²) in [7, 11) is 1.73. The van der Waals surface area contributed by atoms with Crippen molar-refractivity contribution in [1.82, 2.24) is 20.9 Å².